The molecule has 0 bridgehead atoms. The Kier molecular flexibility index (Phi) is 16.5. The first-order valence-electron chi connectivity index (χ1n) is 17.3. The van der Waals surface area contributed by atoms with Gasteiger partial charge in [-0.15, -0.1) is 11.3 Å². The molecule has 2 rings (SSSR count). The first-order chi connectivity index (χ1) is 24.7. The van der Waals surface area contributed by atoms with Crippen LogP contribution in [0.25, 0.3) is 0 Å². The van der Waals surface area contributed by atoms with E-state index in [1.807, 2.05) is 0 Å². The lowest BCUT2D eigenvalue weighted by molar-refractivity contribution is -0.138. The summed E-state index contributed by atoms with van der Waals surface area (Å²) in [6, 6.07) is 2.00. The van der Waals surface area contributed by atoms with Gasteiger partial charge in [0.1, 0.15) is 17.1 Å². The SMILES string of the molecule is CCC(C(=O)Nc1sc(C(=O)NCCNC(=O)C(NC(=O)C(NC(=O)C(N)C(C)C)C(C)C)C(C)C)c(C)c1C(=O)OC)c1ccccc1C(F)(F)F. The third-order valence-corrected chi connectivity index (χ3v) is 9.78. The molecule has 1 heterocycles. The van der Waals surface area contributed by atoms with E-state index in [1.54, 1.807) is 48.5 Å². The first-order valence-corrected chi connectivity index (χ1v) is 18.1. The Bertz CT molecular complexity index is 1640. The molecule has 7 N–H and O–H groups in total. The Labute approximate surface area is 311 Å². The highest BCUT2D eigenvalue weighted by Crippen LogP contribution is 2.38. The monoisotopic (exact) mass is 768 g/mol. The average molecular weight is 769 g/mol. The van der Waals surface area contributed by atoms with Gasteiger partial charge in [0.2, 0.25) is 23.6 Å². The molecule has 5 amide bonds. The molecule has 0 aliphatic carbocycles. The smallest absolute Gasteiger partial charge is 0.416 e. The van der Waals surface area contributed by atoms with Gasteiger partial charge in [-0.05, 0) is 48.3 Å². The second kappa shape index (κ2) is 19.5. The molecule has 0 saturated carbocycles. The number of carbonyl (C=O) groups excluding carboxylic acids is 6. The number of benzene rings is 1. The Balaban J connectivity index is 2.16. The molecule has 0 fully saturated rings. The van der Waals surface area contributed by atoms with E-state index in [4.69, 9.17) is 10.5 Å². The Hall–Kier alpha value is -4.51. The van der Waals surface area contributed by atoms with Crippen LogP contribution in [-0.4, -0.2) is 73.8 Å². The molecule has 0 spiro atoms. The molecule has 0 aliphatic heterocycles. The van der Waals surface area contributed by atoms with Crippen LogP contribution in [0.1, 0.15) is 97.5 Å². The van der Waals surface area contributed by atoms with Gasteiger partial charge in [-0.2, -0.15) is 13.2 Å². The molecule has 17 heteroatoms. The van der Waals surface area contributed by atoms with Gasteiger partial charge >= 0.3 is 12.1 Å². The van der Waals surface area contributed by atoms with E-state index in [2.05, 4.69) is 26.6 Å². The number of amides is 5. The number of anilines is 1. The second-order valence-electron chi connectivity index (χ2n) is 13.6. The molecule has 1 aromatic carbocycles. The van der Waals surface area contributed by atoms with Crippen molar-refractivity contribution in [3.05, 3.63) is 51.4 Å². The number of esters is 1. The average Bonchev–Trinajstić information content (AvgIpc) is 3.41. The number of carbonyl (C=O) groups is 6. The lowest BCUT2D eigenvalue weighted by Crippen LogP contribution is -2.59. The van der Waals surface area contributed by atoms with Crippen molar-refractivity contribution in [3.63, 3.8) is 0 Å². The number of hydrogen-bond donors (Lipinski definition) is 6. The highest BCUT2D eigenvalue weighted by Gasteiger charge is 2.37. The van der Waals surface area contributed by atoms with Crippen molar-refractivity contribution < 1.29 is 46.7 Å². The zero-order chi connectivity index (χ0) is 40.4. The van der Waals surface area contributed by atoms with Crippen LogP contribution in [0.2, 0.25) is 0 Å². The molecule has 53 heavy (non-hydrogen) atoms. The van der Waals surface area contributed by atoms with Crippen LogP contribution in [0.4, 0.5) is 18.2 Å². The normalized spacial score (nSPS) is 13.9. The molecule has 0 saturated heterocycles. The molecule has 0 radical (unpaired) electrons. The van der Waals surface area contributed by atoms with Crippen molar-refractivity contribution in [1.29, 1.82) is 0 Å². The van der Waals surface area contributed by atoms with Crippen molar-refractivity contribution in [2.24, 2.45) is 23.5 Å². The lowest BCUT2D eigenvalue weighted by atomic mass is 9.91. The number of rotatable bonds is 17. The highest BCUT2D eigenvalue weighted by molar-refractivity contribution is 7.18. The standard InChI is InChI=1S/C36H51F3N6O7S/c1-10-21(22-13-11-12-14-23(22)36(37,38)39)29(46)45-34-24(35(51)52-9)20(8)28(53-34)33(50)42-16-15-41-31(48)26(18(4)5)44-32(49)27(19(6)7)43-30(47)25(40)17(2)3/h11-14,17-19,21,25-27H,10,15-16,40H2,1-9H3,(H,41,48)(H,42,50)(H,43,47)(H,44,49)(H,45,46). The molecule has 0 aliphatic rings. The van der Waals surface area contributed by atoms with Crippen molar-refractivity contribution in [1.82, 2.24) is 21.3 Å². The van der Waals surface area contributed by atoms with Crippen LogP contribution in [-0.2, 0) is 30.1 Å². The minimum absolute atomic E-state index is 0.0130. The van der Waals surface area contributed by atoms with Gasteiger partial charge in [-0.25, -0.2) is 4.79 Å². The fraction of sp³-hybridized carbons (Fsp3) is 0.556. The second-order valence-corrected chi connectivity index (χ2v) is 14.6. The Morgan fingerprint density at radius 1 is 0.811 bits per heavy atom. The van der Waals surface area contributed by atoms with Gasteiger partial charge in [0, 0.05) is 13.1 Å². The van der Waals surface area contributed by atoms with Crippen LogP contribution < -0.4 is 32.3 Å². The van der Waals surface area contributed by atoms with Crippen molar-refractivity contribution >= 4 is 51.8 Å². The predicted molar refractivity (Wildman–Crippen MR) is 195 cm³/mol. The van der Waals surface area contributed by atoms with Gasteiger partial charge < -0.3 is 37.1 Å². The maximum Gasteiger partial charge on any atom is 0.416 e. The summed E-state index contributed by atoms with van der Waals surface area (Å²) in [5.74, 6) is -5.92. The van der Waals surface area contributed by atoms with Crippen molar-refractivity contribution in [3.8, 4) is 0 Å². The van der Waals surface area contributed by atoms with Crippen LogP contribution in [0.3, 0.4) is 0 Å². The number of alkyl halides is 3. The predicted octanol–water partition coefficient (Wildman–Crippen LogP) is 4.11. The molecule has 4 unspecified atom stereocenters. The maximum atomic E-state index is 13.7. The van der Waals surface area contributed by atoms with Gasteiger partial charge in [0.05, 0.1) is 35.1 Å². The fourth-order valence-corrected chi connectivity index (χ4v) is 6.50. The zero-order valence-corrected chi connectivity index (χ0v) is 32.3. The third kappa shape index (κ3) is 11.7. The number of hydrogen-bond acceptors (Lipinski definition) is 9. The van der Waals surface area contributed by atoms with E-state index in [9.17, 15) is 41.9 Å². The van der Waals surface area contributed by atoms with Gasteiger partial charge in [-0.1, -0.05) is 66.7 Å². The Morgan fingerprint density at radius 3 is 1.89 bits per heavy atom. The number of nitrogens with one attached hydrogen (secondary N) is 5. The van der Waals surface area contributed by atoms with E-state index in [0.717, 1.165) is 24.5 Å². The quantitative estimate of drug-likeness (QED) is 0.102. The number of ether oxygens (including phenoxy) is 1. The third-order valence-electron chi connectivity index (χ3n) is 8.57. The van der Waals surface area contributed by atoms with E-state index in [1.165, 1.54) is 25.1 Å². The van der Waals surface area contributed by atoms with E-state index in [0.29, 0.717) is 0 Å². The van der Waals surface area contributed by atoms with Crippen LogP contribution in [0.15, 0.2) is 24.3 Å². The molecular weight excluding hydrogens is 717 g/mol. The van der Waals surface area contributed by atoms with E-state index in [-0.39, 0.29) is 63.8 Å². The van der Waals surface area contributed by atoms with Gasteiger partial charge in [-0.3, -0.25) is 24.0 Å². The minimum Gasteiger partial charge on any atom is -0.465 e. The summed E-state index contributed by atoms with van der Waals surface area (Å²) in [6.07, 6.45) is -4.69. The summed E-state index contributed by atoms with van der Waals surface area (Å²) in [7, 11) is 1.11. The Morgan fingerprint density at radius 2 is 1.36 bits per heavy atom. The van der Waals surface area contributed by atoms with Crippen molar-refractivity contribution in [2.45, 2.75) is 92.0 Å². The number of methoxy groups -OCH3 is 1. The minimum atomic E-state index is -4.70. The summed E-state index contributed by atoms with van der Waals surface area (Å²) >= 11 is 0.752. The molecule has 294 valence electrons. The molecule has 1 aromatic heterocycles. The summed E-state index contributed by atoms with van der Waals surface area (Å²) in [5.41, 5.74) is 4.80. The summed E-state index contributed by atoms with van der Waals surface area (Å²) in [6.45, 7) is 13.4. The van der Waals surface area contributed by atoms with Gasteiger partial charge in [0.15, 0.2) is 0 Å². The van der Waals surface area contributed by atoms with Crippen LogP contribution in [0, 0.1) is 24.7 Å². The summed E-state index contributed by atoms with van der Waals surface area (Å²) in [5, 5.41) is 13.1. The largest absolute Gasteiger partial charge is 0.465 e. The van der Waals surface area contributed by atoms with Gasteiger partial charge in [0.25, 0.3) is 5.91 Å². The number of halogens is 3. The molecule has 13 nitrogen and oxygen atoms in total. The molecular formula is C36H51F3N6O7S. The lowest BCUT2D eigenvalue weighted by Gasteiger charge is -2.28. The topological polar surface area (TPSA) is 198 Å². The maximum absolute atomic E-state index is 13.7. The van der Waals surface area contributed by atoms with Crippen LogP contribution in [0.5, 0.6) is 0 Å². The van der Waals surface area contributed by atoms with E-state index >= 15 is 0 Å². The number of nitrogens with two attached hydrogens (primary N) is 1. The number of thiophene rings is 1. The van der Waals surface area contributed by atoms with Crippen molar-refractivity contribution in [2.75, 3.05) is 25.5 Å². The zero-order valence-electron chi connectivity index (χ0n) is 31.4. The summed E-state index contributed by atoms with van der Waals surface area (Å²) in [4.78, 5) is 78.2. The van der Waals surface area contributed by atoms with E-state index < -0.39 is 71.3 Å². The molecule has 2 aromatic rings. The highest BCUT2D eigenvalue weighted by atomic mass is 32.1. The van der Waals surface area contributed by atoms with Crippen LogP contribution >= 0.6 is 11.3 Å². The first kappa shape index (κ1) is 44.7. The fourth-order valence-electron chi connectivity index (χ4n) is 5.39. The summed E-state index contributed by atoms with van der Waals surface area (Å²) < 4.78 is 46.1. The molecule has 4 atom stereocenters.